The number of benzene rings is 1. The Morgan fingerprint density at radius 1 is 1.22 bits per heavy atom. The molecule has 2 aromatic rings. The van der Waals surface area contributed by atoms with Gasteiger partial charge in [0.15, 0.2) is 9.84 Å². The Kier molecular flexibility index (Phi) is 4.07. The Bertz CT molecular complexity index is 623. The van der Waals surface area contributed by atoms with Crippen LogP contribution in [0.15, 0.2) is 46.0 Å². The lowest BCUT2D eigenvalue weighted by molar-refractivity contribution is -0.367. The fourth-order valence-corrected chi connectivity index (χ4v) is 5.01. The third-order valence-electron chi connectivity index (χ3n) is 2.66. The van der Waals surface area contributed by atoms with Crippen molar-refractivity contribution in [3.05, 3.63) is 52.4 Å². The van der Waals surface area contributed by atoms with E-state index >= 15 is 0 Å². The van der Waals surface area contributed by atoms with Crippen LogP contribution >= 0.6 is 22.9 Å². The van der Waals surface area contributed by atoms with Gasteiger partial charge >= 0.3 is 0 Å². The maximum Gasteiger partial charge on any atom is 0.200 e. The number of hydrogen-bond acceptors (Lipinski definition) is 3. The van der Waals surface area contributed by atoms with Gasteiger partial charge in [0, 0.05) is 5.02 Å². The summed E-state index contributed by atoms with van der Waals surface area (Å²) in [6.07, 6.45) is 0. The van der Waals surface area contributed by atoms with Crippen molar-refractivity contribution in [3.63, 3.8) is 0 Å². The minimum Gasteiger partial charge on any atom is -0.356 e. The lowest BCUT2D eigenvalue weighted by Crippen LogP contribution is -2.54. The van der Waals surface area contributed by atoms with Gasteiger partial charge in [-0.3, -0.25) is 0 Å². The summed E-state index contributed by atoms with van der Waals surface area (Å²) < 4.78 is 25.3. The SMILES string of the molecule is [NH3+]C[C@@H](c1ccccc1Cl)S(=O)(=O)c1cccs1. The second-order valence-electron chi connectivity index (χ2n) is 3.78. The quantitative estimate of drug-likeness (QED) is 0.941. The zero-order valence-electron chi connectivity index (χ0n) is 9.54. The molecule has 0 aliphatic heterocycles. The van der Waals surface area contributed by atoms with Gasteiger partial charge in [-0.1, -0.05) is 35.9 Å². The second kappa shape index (κ2) is 5.40. The van der Waals surface area contributed by atoms with Gasteiger partial charge in [-0.05, 0) is 23.1 Å². The molecule has 96 valence electrons. The van der Waals surface area contributed by atoms with Crippen molar-refractivity contribution in [2.45, 2.75) is 9.46 Å². The zero-order valence-corrected chi connectivity index (χ0v) is 11.9. The Morgan fingerprint density at radius 3 is 2.50 bits per heavy atom. The van der Waals surface area contributed by atoms with E-state index in [1.54, 1.807) is 41.8 Å². The molecule has 0 spiro atoms. The van der Waals surface area contributed by atoms with Crippen molar-refractivity contribution in [2.75, 3.05) is 6.54 Å². The average molecular weight is 303 g/mol. The van der Waals surface area contributed by atoms with Gasteiger partial charge in [-0.2, -0.15) is 0 Å². The third-order valence-corrected chi connectivity index (χ3v) is 6.59. The molecule has 2 rings (SSSR count). The summed E-state index contributed by atoms with van der Waals surface area (Å²) in [7, 11) is -3.41. The summed E-state index contributed by atoms with van der Waals surface area (Å²) in [5.74, 6) is 0. The van der Waals surface area contributed by atoms with E-state index in [1.165, 1.54) is 11.3 Å². The number of hydrogen-bond donors (Lipinski definition) is 1. The first-order valence-corrected chi connectivity index (χ1v) is 8.19. The summed E-state index contributed by atoms with van der Waals surface area (Å²) in [4.78, 5) is 0. The number of thiophene rings is 1. The first-order valence-electron chi connectivity index (χ1n) is 5.38. The van der Waals surface area contributed by atoms with E-state index in [-0.39, 0.29) is 6.54 Å². The minimum atomic E-state index is -3.41. The molecule has 1 aromatic heterocycles. The van der Waals surface area contributed by atoms with Crippen molar-refractivity contribution < 1.29 is 14.2 Å². The molecule has 0 radical (unpaired) electrons. The van der Waals surface area contributed by atoms with E-state index in [2.05, 4.69) is 5.73 Å². The van der Waals surface area contributed by atoms with E-state index < -0.39 is 15.1 Å². The predicted octanol–water partition coefficient (Wildman–Crippen LogP) is 2.16. The molecule has 6 heteroatoms. The lowest BCUT2D eigenvalue weighted by atomic mass is 10.1. The maximum atomic E-state index is 12.5. The van der Waals surface area contributed by atoms with Crippen molar-refractivity contribution in [2.24, 2.45) is 0 Å². The lowest BCUT2D eigenvalue weighted by Gasteiger charge is -2.14. The van der Waals surface area contributed by atoms with Crippen LogP contribution in [0, 0.1) is 0 Å². The monoisotopic (exact) mass is 302 g/mol. The number of quaternary nitrogens is 1. The smallest absolute Gasteiger partial charge is 0.200 e. The van der Waals surface area contributed by atoms with Crippen molar-refractivity contribution in [3.8, 4) is 0 Å². The van der Waals surface area contributed by atoms with Crippen molar-refractivity contribution in [1.29, 1.82) is 0 Å². The van der Waals surface area contributed by atoms with Crippen LogP contribution in [-0.4, -0.2) is 15.0 Å². The molecule has 0 amide bonds. The maximum absolute atomic E-state index is 12.5. The van der Waals surface area contributed by atoms with Gasteiger partial charge in [0.05, 0.1) is 6.54 Å². The molecule has 1 heterocycles. The third kappa shape index (κ3) is 2.44. The first-order chi connectivity index (χ1) is 8.57. The molecule has 0 bridgehead atoms. The number of halogens is 1. The van der Waals surface area contributed by atoms with E-state index in [0.29, 0.717) is 14.8 Å². The van der Waals surface area contributed by atoms with E-state index in [0.717, 1.165) is 0 Å². The zero-order chi connectivity index (χ0) is 13.2. The summed E-state index contributed by atoms with van der Waals surface area (Å²) in [6.45, 7) is 0.254. The van der Waals surface area contributed by atoms with Gasteiger partial charge in [0.1, 0.15) is 9.46 Å². The van der Waals surface area contributed by atoms with Crippen LogP contribution in [0.1, 0.15) is 10.8 Å². The van der Waals surface area contributed by atoms with E-state index in [4.69, 9.17) is 11.6 Å². The summed E-state index contributed by atoms with van der Waals surface area (Å²) >= 11 is 7.29. The normalized spacial score (nSPS) is 13.4. The van der Waals surface area contributed by atoms with Gasteiger partial charge in [-0.25, -0.2) is 8.42 Å². The van der Waals surface area contributed by atoms with Crippen LogP contribution < -0.4 is 5.73 Å². The molecule has 1 atom stereocenters. The van der Waals surface area contributed by atoms with E-state index in [1.807, 2.05) is 0 Å². The molecule has 1 aromatic carbocycles. The molecule has 18 heavy (non-hydrogen) atoms. The molecule has 0 saturated heterocycles. The molecule has 3 nitrogen and oxygen atoms in total. The van der Waals surface area contributed by atoms with E-state index in [9.17, 15) is 8.42 Å². The molecule has 0 fully saturated rings. The largest absolute Gasteiger partial charge is 0.356 e. The highest BCUT2D eigenvalue weighted by atomic mass is 35.5. The molecule has 0 saturated carbocycles. The summed E-state index contributed by atoms with van der Waals surface area (Å²) in [5.41, 5.74) is 4.36. The fourth-order valence-electron chi connectivity index (χ4n) is 1.78. The van der Waals surface area contributed by atoms with Gasteiger partial charge in [-0.15, -0.1) is 11.3 Å². The number of sulfone groups is 1. The molecule has 0 aliphatic rings. The van der Waals surface area contributed by atoms with Crippen LogP contribution in [0.2, 0.25) is 5.02 Å². The van der Waals surface area contributed by atoms with Crippen LogP contribution in [0.3, 0.4) is 0 Å². The Labute approximate surface area is 115 Å². The van der Waals surface area contributed by atoms with Gasteiger partial charge in [0.25, 0.3) is 0 Å². The highest BCUT2D eigenvalue weighted by Crippen LogP contribution is 2.33. The Hall–Kier alpha value is -0.880. The van der Waals surface area contributed by atoms with Crippen LogP contribution in [-0.2, 0) is 9.84 Å². The number of rotatable bonds is 4. The average Bonchev–Trinajstić information content (AvgIpc) is 2.86. The van der Waals surface area contributed by atoms with Gasteiger partial charge < -0.3 is 5.73 Å². The predicted molar refractivity (Wildman–Crippen MR) is 73.5 cm³/mol. The topological polar surface area (TPSA) is 61.8 Å². The minimum absolute atomic E-state index is 0.254. The highest BCUT2D eigenvalue weighted by Gasteiger charge is 2.31. The second-order valence-corrected chi connectivity index (χ2v) is 7.49. The molecular formula is C12H13ClNO2S2+. The molecule has 0 unspecified atom stereocenters. The van der Waals surface area contributed by atoms with Crippen molar-refractivity contribution >= 4 is 32.8 Å². The standard InChI is InChI=1S/C12H12ClNO2S2/c13-10-5-2-1-4-9(10)11(8-14)18(15,16)12-6-3-7-17-12/h1-7,11H,8,14H2/p+1/t11-/m0/s1. The van der Waals surface area contributed by atoms with Crippen LogP contribution in [0.4, 0.5) is 0 Å². The molecule has 3 N–H and O–H groups in total. The Balaban J connectivity index is 2.51. The van der Waals surface area contributed by atoms with Crippen molar-refractivity contribution in [1.82, 2.24) is 0 Å². The molecule has 0 aliphatic carbocycles. The Morgan fingerprint density at radius 2 is 1.94 bits per heavy atom. The summed E-state index contributed by atoms with van der Waals surface area (Å²) in [6, 6.07) is 10.3. The summed E-state index contributed by atoms with van der Waals surface area (Å²) in [5, 5.41) is 1.52. The highest BCUT2D eigenvalue weighted by molar-refractivity contribution is 7.93. The molecular weight excluding hydrogens is 290 g/mol. The van der Waals surface area contributed by atoms with Crippen LogP contribution in [0.5, 0.6) is 0 Å². The fraction of sp³-hybridized carbons (Fsp3) is 0.167. The van der Waals surface area contributed by atoms with Gasteiger partial charge in [0.2, 0.25) is 0 Å². The first kappa shape index (κ1) is 13.5. The van der Waals surface area contributed by atoms with Crippen LogP contribution in [0.25, 0.3) is 0 Å².